The molecule has 19 heavy (non-hydrogen) atoms. The molecule has 3 atom stereocenters. The largest absolute Gasteiger partial charge is 0.393 e. The smallest absolute Gasteiger partial charge is 0.0613 e. The number of hydrogen-bond donors (Lipinski definition) is 1. The van der Waals surface area contributed by atoms with Crippen molar-refractivity contribution in [1.82, 2.24) is 0 Å². The molecule has 0 spiro atoms. The van der Waals surface area contributed by atoms with Crippen LogP contribution in [0, 0.1) is 5.92 Å². The molecule has 2 nitrogen and oxygen atoms in total. The zero-order valence-corrected chi connectivity index (χ0v) is 13.6. The van der Waals surface area contributed by atoms with Crippen molar-refractivity contribution in [2.24, 2.45) is 5.92 Å². The molecule has 0 aliphatic rings. The van der Waals surface area contributed by atoms with Crippen molar-refractivity contribution in [3.8, 4) is 0 Å². The SMILES string of the molecule is C=C(CC(CC)OC(C)CC(O)CC)C(CC)CC. The van der Waals surface area contributed by atoms with Gasteiger partial charge in [0.15, 0.2) is 0 Å². The van der Waals surface area contributed by atoms with Gasteiger partial charge in [0.25, 0.3) is 0 Å². The number of ether oxygens (including phenoxy) is 1. The summed E-state index contributed by atoms with van der Waals surface area (Å²) in [5.74, 6) is 0.620. The highest BCUT2D eigenvalue weighted by Crippen LogP contribution is 2.24. The average molecular weight is 270 g/mol. The first kappa shape index (κ1) is 18.7. The van der Waals surface area contributed by atoms with Gasteiger partial charge >= 0.3 is 0 Å². The van der Waals surface area contributed by atoms with Crippen molar-refractivity contribution >= 4 is 0 Å². The summed E-state index contributed by atoms with van der Waals surface area (Å²) in [5.41, 5.74) is 1.32. The maximum absolute atomic E-state index is 9.66. The van der Waals surface area contributed by atoms with E-state index in [1.807, 2.05) is 6.92 Å². The Morgan fingerprint density at radius 2 is 1.63 bits per heavy atom. The Kier molecular flexibility index (Phi) is 10.3. The fourth-order valence-electron chi connectivity index (χ4n) is 2.55. The zero-order valence-electron chi connectivity index (χ0n) is 13.6. The van der Waals surface area contributed by atoms with Crippen LogP contribution >= 0.6 is 0 Å². The highest BCUT2D eigenvalue weighted by Gasteiger charge is 2.18. The lowest BCUT2D eigenvalue weighted by atomic mass is 9.90. The van der Waals surface area contributed by atoms with Crippen LogP contribution in [0.5, 0.6) is 0 Å². The number of rotatable bonds is 11. The van der Waals surface area contributed by atoms with Crippen LogP contribution in [0.25, 0.3) is 0 Å². The van der Waals surface area contributed by atoms with E-state index < -0.39 is 0 Å². The van der Waals surface area contributed by atoms with E-state index in [0.717, 1.165) is 38.5 Å². The van der Waals surface area contributed by atoms with Gasteiger partial charge in [0.2, 0.25) is 0 Å². The van der Waals surface area contributed by atoms with Crippen molar-refractivity contribution < 1.29 is 9.84 Å². The van der Waals surface area contributed by atoms with Gasteiger partial charge in [0.1, 0.15) is 0 Å². The van der Waals surface area contributed by atoms with Crippen molar-refractivity contribution in [3.05, 3.63) is 12.2 Å². The summed E-state index contributed by atoms with van der Waals surface area (Å²) in [4.78, 5) is 0. The molecule has 2 heteroatoms. The molecule has 0 aromatic carbocycles. The third-order valence-electron chi connectivity index (χ3n) is 4.01. The molecule has 1 N–H and O–H groups in total. The number of hydrogen-bond acceptors (Lipinski definition) is 2. The lowest BCUT2D eigenvalue weighted by Gasteiger charge is -2.26. The van der Waals surface area contributed by atoms with Gasteiger partial charge in [-0.15, -0.1) is 0 Å². The molecule has 0 saturated heterocycles. The summed E-state index contributed by atoms with van der Waals surface area (Å²) >= 11 is 0. The van der Waals surface area contributed by atoms with Crippen LogP contribution in [0.15, 0.2) is 12.2 Å². The lowest BCUT2D eigenvalue weighted by Crippen LogP contribution is -2.24. The monoisotopic (exact) mass is 270 g/mol. The van der Waals surface area contributed by atoms with E-state index in [0.29, 0.717) is 5.92 Å². The van der Waals surface area contributed by atoms with Crippen molar-refractivity contribution in [3.63, 3.8) is 0 Å². The Labute approximate surface area is 120 Å². The van der Waals surface area contributed by atoms with Gasteiger partial charge in [-0.2, -0.15) is 0 Å². The van der Waals surface area contributed by atoms with Gasteiger partial charge in [-0.3, -0.25) is 0 Å². The molecule has 0 bridgehead atoms. The highest BCUT2D eigenvalue weighted by molar-refractivity contribution is 5.01. The second kappa shape index (κ2) is 10.4. The summed E-state index contributed by atoms with van der Waals surface area (Å²) in [6, 6.07) is 0. The van der Waals surface area contributed by atoms with E-state index in [2.05, 4.69) is 34.3 Å². The molecule has 0 aromatic rings. The molecular weight excluding hydrogens is 236 g/mol. The van der Waals surface area contributed by atoms with Crippen LogP contribution in [0.3, 0.4) is 0 Å². The molecule has 3 unspecified atom stereocenters. The molecular formula is C17H34O2. The van der Waals surface area contributed by atoms with Crippen LogP contribution in [0.2, 0.25) is 0 Å². The minimum absolute atomic E-state index is 0.120. The van der Waals surface area contributed by atoms with E-state index in [1.165, 1.54) is 5.57 Å². The minimum Gasteiger partial charge on any atom is -0.393 e. The predicted molar refractivity (Wildman–Crippen MR) is 83.4 cm³/mol. The van der Waals surface area contributed by atoms with Gasteiger partial charge in [0, 0.05) is 0 Å². The fourth-order valence-corrected chi connectivity index (χ4v) is 2.55. The van der Waals surface area contributed by atoms with Gasteiger partial charge < -0.3 is 9.84 Å². The summed E-state index contributed by atoms with van der Waals surface area (Å²) in [6.07, 6.45) is 5.93. The van der Waals surface area contributed by atoms with Gasteiger partial charge in [0.05, 0.1) is 18.3 Å². The summed E-state index contributed by atoms with van der Waals surface area (Å²) in [5, 5.41) is 9.66. The van der Waals surface area contributed by atoms with E-state index >= 15 is 0 Å². The second-order valence-electron chi connectivity index (χ2n) is 5.65. The Balaban J connectivity index is 4.23. The van der Waals surface area contributed by atoms with E-state index in [9.17, 15) is 5.11 Å². The first-order valence-electron chi connectivity index (χ1n) is 7.99. The Hall–Kier alpha value is -0.340. The van der Waals surface area contributed by atoms with Crippen LogP contribution in [-0.4, -0.2) is 23.4 Å². The Morgan fingerprint density at radius 1 is 1.05 bits per heavy atom. The second-order valence-corrected chi connectivity index (χ2v) is 5.65. The summed E-state index contributed by atoms with van der Waals surface area (Å²) in [7, 11) is 0. The molecule has 114 valence electrons. The van der Waals surface area contributed by atoms with Crippen LogP contribution in [-0.2, 0) is 4.74 Å². The number of aliphatic hydroxyl groups is 1. The maximum atomic E-state index is 9.66. The molecule has 0 radical (unpaired) electrons. The topological polar surface area (TPSA) is 29.5 Å². The van der Waals surface area contributed by atoms with Crippen molar-refractivity contribution in [1.29, 1.82) is 0 Å². The van der Waals surface area contributed by atoms with Gasteiger partial charge in [-0.1, -0.05) is 39.8 Å². The Bertz CT molecular complexity index is 233. The lowest BCUT2D eigenvalue weighted by molar-refractivity contribution is -0.0287. The average Bonchev–Trinajstić information content (AvgIpc) is 2.38. The maximum Gasteiger partial charge on any atom is 0.0613 e. The van der Waals surface area contributed by atoms with E-state index in [4.69, 9.17) is 4.74 Å². The molecule has 0 saturated carbocycles. The molecule has 0 aliphatic heterocycles. The fraction of sp³-hybridized carbons (Fsp3) is 0.882. The molecule has 0 heterocycles. The van der Waals surface area contributed by atoms with Crippen LogP contribution < -0.4 is 0 Å². The van der Waals surface area contributed by atoms with Gasteiger partial charge in [-0.25, -0.2) is 0 Å². The Morgan fingerprint density at radius 3 is 2.05 bits per heavy atom. The number of aliphatic hydroxyl groups excluding tert-OH is 1. The summed E-state index contributed by atoms with van der Waals surface area (Å²) < 4.78 is 6.06. The van der Waals surface area contributed by atoms with Crippen LogP contribution in [0.4, 0.5) is 0 Å². The van der Waals surface area contributed by atoms with Crippen molar-refractivity contribution in [2.45, 2.75) is 91.5 Å². The standard InChI is InChI=1S/C17H34O2/c1-7-15(8-2)13(5)11-17(10-4)19-14(6)12-16(18)9-3/h14-18H,5,7-12H2,1-4,6H3. The molecule has 0 fully saturated rings. The molecule has 0 aliphatic carbocycles. The van der Waals surface area contributed by atoms with Crippen LogP contribution in [0.1, 0.15) is 73.1 Å². The van der Waals surface area contributed by atoms with Gasteiger partial charge in [-0.05, 0) is 51.4 Å². The van der Waals surface area contributed by atoms with E-state index in [-0.39, 0.29) is 18.3 Å². The quantitative estimate of drug-likeness (QED) is 0.551. The molecule has 0 aromatic heterocycles. The first-order valence-corrected chi connectivity index (χ1v) is 7.99. The first-order chi connectivity index (χ1) is 8.98. The highest BCUT2D eigenvalue weighted by atomic mass is 16.5. The zero-order chi connectivity index (χ0) is 14.8. The molecule has 0 rings (SSSR count). The minimum atomic E-state index is -0.241. The third-order valence-corrected chi connectivity index (χ3v) is 4.01. The summed E-state index contributed by atoms with van der Waals surface area (Å²) in [6.45, 7) is 14.9. The van der Waals surface area contributed by atoms with E-state index in [1.54, 1.807) is 0 Å². The predicted octanol–water partition coefficient (Wildman–Crippen LogP) is 4.71. The van der Waals surface area contributed by atoms with Crippen molar-refractivity contribution in [2.75, 3.05) is 0 Å². The molecule has 0 amide bonds. The normalized spacial score (nSPS) is 16.4. The third kappa shape index (κ3) is 7.74.